The Morgan fingerprint density at radius 1 is 1.24 bits per heavy atom. The lowest BCUT2D eigenvalue weighted by atomic mass is 10.1. The molecule has 0 aliphatic carbocycles. The van der Waals surface area contributed by atoms with E-state index in [-0.39, 0.29) is 5.28 Å². The van der Waals surface area contributed by atoms with Crippen molar-refractivity contribution in [3.05, 3.63) is 35.2 Å². The maximum absolute atomic E-state index is 5.73. The highest BCUT2D eigenvalue weighted by Crippen LogP contribution is 2.14. The minimum absolute atomic E-state index is 0.276. The third kappa shape index (κ3) is 3.29. The van der Waals surface area contributed by atoms with E-state index in [1.54, 1.807) is 6.20 Å². The van der Waals surface area contributed by atoms with Crippen LogP contribution in [-0.2, 0) is 0 Å². The average Bonchev–Trinajstić information content (AvgIpc) is 2.25. The maximum atomic E-state index is 5.73. The summed E-state index contributed by atoms with van der Waals surface area (Å²) in [7, 11) is -1.33. The molecule has 0 unspecified atom stereocenters. The predicted octanol–water partition coefficient (Wildman–Crippen LogP) is 3.51. The lowest BCUT2D eigenvalue weighted by Crippen LogP contribution is -2.16. The normalized spacial score (nSPS) is 11.1. The molecule has 17 heavy (non-hydrogen) atoms. The zero-order chi connectivity index (χ0) is 12.5. The highest BCUT2D eigenvalue weighted by molar-refractivity contribution is 6.83. The van der Waals surface area contributed by atoms with Gasteiger partial charge in [-0.2, -0.15) is 0 Å². The molecule has 1 aromatic carbocycles. The molecule has 0 atom stereocenters. The number of aromatic nitrogens is 2. The Kier molecular flexibility index (Phi) is 3.19. The first-order chi connectivity index (χ1) is 7.94. The number of fused-ring (bicyclic) bond motifs is 1. The van der Waals surface area contributed by atoms with Crippen LogP contribution in [0.15, 0.2) is 24.4 Å². The minimum atomic E-state index is -1.33. The topological polar surface area (TPSA) is 25.8 Å². The minimum Gasteiger partial charge on any atom is -0.226 e. The molecule has 2 nitrogen and oxygen atoms in total. The molecule has 2 aromatic rings. The number of halogens is 1. The van der Waals surface area contributed by atoms with Gasteiger partial charge in [0.05, 0.1) is 5.52 Å². The summed E-state index contributed by atoms with van der Waals surface area (Å²) in [6.07, 6.45) is 1.73. The van der Waals surface area contributed by atoms with E-state index in [4.69, 9.17) is 11.6 Å². The van der Waals surface area contributed by atoms with Gasteiger partial charge in [-0.25, -0.2) is 9.97 Å². The molecule has 2 rings (SSSR count). The van der Waals surface area contributed by atoms with Crippen molar-refractivity contribution in [1.29, 1.82) is 0 Å². The van der Waals surface area contributed by atoms with Crippen LogP contribution in [0.3, 0.4) is 0 Å². The molecule has 1 heterocycles. The maximum Gasteiger partial charge on any atom is 0.222 e. The standard InChI is InChI=1S/C13H13ClN2Si/c1-17(2,3)7-6-10-4-5-12-11(8-10)9-15-13(14)16-12/h4-5,8-9H,1-3H3. The summed E-state index contributed by atoms with van der Waals surface area (Å²) in [5, 5.41) is 1.25. The highest BCUT2D eigenvalue weighted by atomic mass is 35.5. The van der Waals surface area contributed by atoms with E-state index < -0.39 is 8.07 Å². The molecule has 0 amide bonds. The van der Waals surface area contributed by atoms with Crippen molar-refractivity contribution in [2.75, 3.05) is 0 Å². The Morgan fingerprint density at radius 2 is 2.00 bits per heavy atom. The predicted molar refractivity (Wildman–Crippen MR) is 74.8 cm³/mol. The first-order valence-corrected chi connectivity index (χ1v) is 9.27. The lowest BCUT2D eigenvalue weighted by molar-refractivity contribution is 1.22. The van der Waals surface area contributed by atoms with Gasteiger partial charge in [0.2, 0.25) is 5.28 Å². The Labute approximate surface area is 107 Å². The van der Waals surface area contributed by atoms with Crippen LogP contribution in [0.25, 0.3) is 10.9 Å². The van der Waals surface area contributed by atoms with Crippen LogP contribution < -0.4 is 0 Å². The van der Waals surface area contributed by atoms with Crippen LogP contribution in [0.1, 0.15) is 5.56 Å². The van der Waals surface area contributed by atoms with Crippen molar-refractivity contribution in [2.24, 2.45) is 0 Å². The first kappa shape index (κ1) is 12.1. The third-order valence-corrected chi connectivity index (χ3v) is 3.19. The lowest BCUT2D eigenvalue weighted by Gasteiger charge is -2.03. The fourth-order valence-electron chi connectivity index (χ4n) is 1.35. The summed E-state index contributed by atoms with van der Waals surface area (Å²) in [4.78, 5) is 8.11. The molecule has 0 radical (unpaired) electrons. The monoisotopic (exact) mass is 260 g/mol. The van der Waals surface area contributed by atoms with Gasteiger partial charge in [-0.3, -0.25) is 0 Å². The average molecular weight is 261 g/mol. The van der Waals surface area contributed by atoms with Gasteiger partial charge in [0, 0.05) is 17.1 Å². The van der Waals surface area contributed by atoms with Crippen molar-refractivity contribution >= 4 is 30.6 Å². The molecule has 0 aliphatic heterocycles. The molecule has 0 spiro atoms. The molecule has 0 bridgehead atoms. The number of benzene rings is 1. The number of nitrogens with zero attached hydrogens (tertiary/aromatic N) is 2. The molecule has 86 valence electrons. The second-order valence-corrected chi connectivity index (χ2v) is 10.0. The first-order valence-electron chi connectivity index (χ1n) is 5.39. The van der Waals surface area contributed by atoms with Crippen LogP contribution in [0.2, 0.25) is 24.9 Å². The summed E-state index contributed by atoms with van der Waals surface area (Å²) in [5.41, 5.74) is 5.19. The van der Waals surface area contributed by atoms with Crippen molar-refractivity contribution in [3.63, 3.8) is 0 Å². The van der Waals surface area contributed by atoms with E-state index in [1.165, 1.54) is 0 Å². The molecular formula is C13H13ClN2Si. The molecule has 0 fully saturated rings. The molecule has 0 saturated heterocycles. The second-order valence-electron chi connectivity index (χ2n) is 4.91. The molecule has 0 saturated carbocycles. The fourth-order valence-corrected chi connectivity index (χ4v) is 2.01. The Morgan fingerprint density at radius 3 is 2.71 bits per heavy atom. The second kappa shape index (κ2) is 4.48. The van der Waals surface area contributed by atoms with E-state index >= 15 is 0 Å². The SMILES string of the molecule is C[Si](C)(C)C#Cc1ccc2nc(Cl)ncc2c1. The summed E-state index contributed by atoms with van der Waals surface area (Å²) in [6.45, 7) is 6.68. The van der Waals surface area contributed by atoms with E-state index in [9.17, 15) is 0 Å². The smallest absolute Gasteiger partial charge is 0.222 e. The fraction of sp³-hybridized carbons (Fsp3) is 0.231. The van der Waals surface area contributed by atoms with Gasteiger partial charge in [-0.1, -0.05) is 25.6 Å². The number of hydrogen-bond donors (Lipinski definition) is 0. The van der Waals surface area contributed by atoms with Gasteiger partial charge in [0.15, 0.2) is 0 Å². The molecule has 4 heteroatoms. The zero-order valence-corrected chi connectivity index (χ0v) is 11.8. The number of hydrogen-bond acceptors (Lipinski definition) is 2. The van der Waals surface area contributed by atoms with E-state index in [0.29, 0.717) is 0 Å². The van der Waals surface area contributed by atoms with Gasteiger partial charge >= 0.3 is 0 Å². The highest BCUT2D eigenvalue weighted by Gasteiger charge is 2.07. The van der Waals surface area contributed by atoms with Crippen LogP contribution in [0.5, 0.6) is 0 Å². The summed E-state index contributed by atoms with van der Waals surface area (Å²) < 4.78 is 0. The van der Waals surface area contributed by atoms with E-state index in [1.807, 2.05) is 18.2 Å². The van der Waals surface area contributed by atoms with Crippen LogP contribution in [0.4, 0.5) is 0 Å². The molecular weight excluding hydrogens is 248 g/mol. The Hall–Kier alpha value is -1.37. The van der Waals surface area contributed by atoms with Gasteiger partial charge in [-0.15, -0.1) is 5.54 Å². The van der Waals surface area contributed by atoms with E-state index in [0.717, 1.165) is 16.5 Å². The number of rotatable bonds is 0. The quantitative estimate of drug-likeness (QED) is 0.412. The summed E-state index contributed by atoms with van der Waals surface area (Å²) in [6, 6.07) is 5.90. The van der Waals surface area contributed by atoms with Crippen LogP contribution in [-0.4, -0.2) is 18.0 Å². The molecule has 0 N–H and O–H groups in total. The van der Waals surface area contributed by atoms with Crippen LogP contribution >= 0.6 is 11.6 Å². The van der Waals surface area contributed by atoms with Gasteiger partial charge < -0.3 is 0 Å². The summed E-state index contributed by atoms with van der Waals surface area (Å²) >= 11 is 5.73. The molecule has 1 aromatic heterocycles. The Bertz CT molecular complexity index is 621. The molecule has 0 aliphatic rings. The zero-order valence-electron chi connectivity index (χ0n) is 10.1. The third-order valence-electron chi connectivity index (χ3n) is 2.13. The van der Waals surface area contributed by atoms with Crippen molar-refractivity contribution in [2.45, 2.75) is 19.6 Å². The van der Waals surface area contributed by atoms with E-state index in [2.05, 4.69) is 41.1 Å². The Balaban J connectivity index is 2.44. The summed E-state index contributed by atoms with van der Waals surface area (Å²) in [5.74, 6) is 3.21. The van der Waals surface area contributed by atoms with Crippen molar-refractivity contribution < 1.29 is 0 Å². The largest absolute Gasteiger partial charge is 0.226 e. The van der Waals surface area contributed by atoms with Crippen LogP contribution in [0, 0.1) is 11.5 Å². The van der Waals surface area contributed by atoms with Gasteiger partial charge in [0.1, 0.15) is 8.07 Å². The van der Waals surface area contributed by atoms with Crippen molar-refractivity contribution in [1.82, 2.24) is 9.97 Å². The van der Waals surface area contributed by atoms with Crippen molar-refractivity contribution in [3.8, 4) is 11.5 Å². The van der Waals surface area contributed by atoms with Gasteiger partial charge in [0.25, 0.3) is 0 Å². The van der Waals surface area contributed by atoms with Gasteiger partial charge in [-0.05, 0) is 29.8 Å².